The molecule has 1 aliphatic heterocycles. The van der Waals surface area contributed by atoms with E-state index in [0.29, 0.717) is 26.2 Å². The van der Waals surface area contributed by atoms with Gasteiger partial charge in [-0.3, -0.25) is 4.90 Å². The molecule has 1 heterocycles. The Labute approximate surface area is 125 Å². The summed E-state index contributed by atoms with van der Waals surface area (Å²) in [5.41, 5.74) is 1.04. The Balaban J connectivity index is 1.74. The van der Waals surface area contributed by atoms with E-state index in [0.717, 1.165) is 24.4 Å². The molecule has 1 fully saturated rings. The van der Waals surface area contributed by atoms with Crippen LogP contribution in [-0.4, -0.2) is 67.4 Å². The van der Waals surface area contributed by atoms with Gasteiger partial charge in [-0.1, -0.05) is 12.1 Å². The third-order valence-corrected chi connectivity index (χ3v) is 3.68. The van der Waals surface area contributed by atoms with Crippen molar-refractivity contribution < 1.29 is 14.6 Å². The van der Waals surface area contributed by atoms with Crippen LogP contribution < -0.4 is 10.1 Å². The minimum Gasteiger partial charge on any atom is -0.497 e. The molecule has 1 aliphatic rings. The molecule has 0 unspecified atom stereocenters. The maximum Gasteiger partial charge on any atom is 0.317 e. The van der Waals surface area contributed by atoms with Crippen molar-refractivity contribution in [1.29, 1.82) is 0 Å². The van der Waals surface area contributed by atoms with Crippen LogP contribution in [0.25, 0.3) is 0 Å². The number of β-amino-alcohol motifs (C(OH)–C–C–N with tert-alkyl or cyclic N) is 1. The lowest BCUT2D eigenvalue weighted by Crippen LogP contribution is -2.52. The van der Waals surface area contributed by atoms with Gasteiger partial charge in [-0.15, -0.1) is 0 Å². The standard InChI is InChI=1S/C15H23N3O3/c1-21-14-4-2-13(3-5-14)12-16-15(20)18-8-6-17(7-9-18)10-11-19/h2-5,19H,6-12H2,1H3,(H,16,20). The van der Waals surface area contributed by atoms with Gasteiger partial charge in [-0.2, -0.15) is 0 Å². The molecule has 0 spiro atoms. The van der Waals surface area contributed by atoms with Crippen LogP contribution in [-0.2, 0) is 6.54 Å². The molecule has 0 aliphatic carbocycles. The van der Waals surface area contributed by atoms with Gasteiger partial charge in [0.25, 0.3) is 0 Å². The first-order valence-corrected chi connectivity index (χ1v) is 7.22. The lowest BCUT2D eigenvalue weighted by molar-refractivity contribution is 0.122. The molecule has 2 rings (SSSR count). The number of piperazine rings is 1. The number of benzene rings is 1. The van der Waals surface area contributed by atoms with E-state index in [9.17, 15) is 4.79 Å². The Morgan fingerprint density at radius 3 is 2.48 bits per heavy atom. The fourth-order valence-electron chi connectivity index (χ4n) is 2.35. The lowest BCUT2D eigenvalue weighted by atomic mass is 10.2. The van der Waals surface area contributed by atoms with Crippen LogP contribution in [0.15, 0.2) is 24.3 Å². The summed E-state index contributed by atoms with van der Waals surface area (Å²) in [5.74, 6) is 0.810. The molecule has 2 amide bonds. The lowest BCUT2D eigenvalue weighted by Gasteiger charge is -2.34. The first-order valence-electron chi connectivity index (χ1n) is 7.22. The summed E-state index contributed by atoms with van der Waals surface area (Å²) in [5, 5.41) is 11.8. The third-order valence-electron chi connectivity index (χ3n) is 3.68. The van der Waals surface area contributed by atoms with Crippen LogP contribution >= 0.6 is 0 Å². The molecule has 0 aromatic heterocycles. The molecule has 0 saturated carbocycles. The van der Waals surface area contributed by atoms with Gasteiger partial charge in [-0.05, 0) is 17.7 Å². The zero-order chi connectivity index (χ0) is 15.1. The summed E-state index contributed by atoms with van der Waals surface area (Å²) < 4.78 is 5.10. The number of nitrogens with zero attached hydrogens (tertiary/aromatic N) is 2. The second kappa shape index (κ2) is 7.85. The van der Waals surface area contributed by atoms with Crippen molar-refractivity contribution >= 4 is 6.03 Å². The average molecular weight is 293 g/mol. The number of rotatable bonds is 5. The molecular formula is C15H23N3O3. The third kappa shape index (κ3) is 4.61. The molecule has 0 radical (unpaired) electrons. The number of amides is 2. The number of carbonyl (C=O) groups excluding carboxylic acids is 1. The predicted octanol–water partition coefficient (Wildman–Crippen LogP) is 0.515. The van der Waals surface area contributed by atoms with Gasteiger partial charge in [0.05, 0.1) is 13.7 Å². The highest BCUT2D eigenvalue weighted by molar-refractivity contribution is 5.74. The topological polar surface area (TPSA) is 65.0 Å². The van der Waals surface area contributed by atoms with Gasteiger partial charge in [0.2, 0.25) is 0 Å². The summed E-state index contributed by atoms with van der Waals surface area (Å²) in [6.45, 7) is 4.40. The normalized spacial score (nSPS) is 15.8. The Morgan fingerprint density at radius 2 is 1.90 bits per heavy atom. The van der Waals surface area contributed by atoms with E-state index >= 15 is 0 Å². The minimum atomic E-state index is -0.0329. The fourth-order valence-corrected chi connectivity index (χ4v) is 2.35. The van der Waals surface area contributed by atoms with E-state index in [1.165, 1.54) is 0 Å². The van der Waals surface area contributed by atoms with Gasteiger partial charge in [0.1, 0.15) is 5.75 Å². The van der Waals surface area contributed by atoms with Gasteiger partial charge in [-0.25, -0.2) is 4.79 Å². The number of nitrogens with one attached hydrogen (secondary N) is 1. The molecular weight excluding hydrogens is 270 g/mol. The van der Waals surface area contributed by atoms with Crippen LogP contribution in [0.1, 0.15) is 5.56 Å². The highest BCUT2D eigenvalue weighted by Gasteiger charge is 2.20. The number of methoxy groups -OCH3 is 1. The number of urea groups is 1. The van der Waals surface area contributed by atoms with E-state index in [4.69, 9.17) is 9.84 Å². The first-order chi connectivity index (χ1) is 10.2. The quantitative estimate of drug-likeness (QED) is 0.830. The fraction of sp³-hybridized carbons (Fsp3) is 0.533. The smallest absolute Gasteiger partial charge is 0.317 e. The second-order valence-corrected chi connectivity index (χ2v) is 5.06. The summed E-state index contributed by atoms with van der Waals surface area (Å²) in [7, 11) is 1.63. The summed E-state index contributed by atoms with van der Waals surface area (Å²) >= 11 is 0. The van der Waals surface area contributed by atoms with E-state index < -0.39 is 0 Å². The monoisotopic (exact) mass is 293 g/mol. The Bertz CT molecular complexity index is 442. The van der Waals surface area contributed by atoms with Crippen molar-refractivity contribution in [2.45, 2.75) is 6.54 Å². The maximum atomic E-state index is 12.1. The Kier molecular flexibility index (Phi) is 5.83. The zero-order valence-electron chi connectivity index (χ0n) is 12.4. The molecule has 116 valence electrons. The average Bonchev–Trinajstić information content (AvgIpc) is 2.54. The SMILES string of the molecule is COc1ccc(CNC(=O)N2CCN(CCO)CC2)cc1. The van der Waals surface area contributed by atoms with Gasteiger partial charge in [0, 0.05) is 39.3 Å². The van der Waals surface area contributed by atoms with Crippen LogP contribution in [0.3, 0.4) is 0 Å². The number of aliphatic hydroxyl groups is 1. The van der Waals surface area contributed by atoms with E-state index in [-0.39, 0.29) is 12.6 Å². The maximum absolute atomic E-state index is 12.1. The highest BCUT2D eigenvalue weighted by atomic mass is 16.5. The Morgan fingerprint density at radius 1 is 1.24 bits per heavy atom. The number of hydrogen-bond donors (Lipinski definition) is 2. The minimum absolute atomic E-state index is 0.0329. The van der Waals surface area contributed by atoms with Crippen LogP contribution in [0.4, 0.5) is 4.79 Å². The van der Waals surface area contributed by atoms with Crippen molar-refractivity contribution in [3.05, 3.63) is 29.8 Å². The molecule has 21 heavy (non-hydrogen) atoms. The number of hydrogen-bond acceptors (Lipinski definition) is 4. The first kappa shape index (κ1) is 15.6. The number of ether oxygens (including phenoxy) is 1. The summed E-state index contributed by atoms with van der Waals surface area (Å²) in [4.78, 5) is 16.1. The largest absolute Gasteiger partial charge is 0.497 e. The van der Waals surface area contributed by atoms with Crippen molar-refractivity contribution in [2.24, 2.45) is 0 Å². The molecule has 2 N–H and O–H groups in total. The van der Waals surface area contributed by atoms with E-state index in [1.807, 2.05) is 29.2 Å². The summed E-state index contributed by atoms with van der Waals surface area (Å²) in [6, 6.07) is 7.62. The van der Waals surface area contributed by atoms with Gasteiger partial charge < -0.3 is 20.1 Å². The molecule has 1 saturated heterocycles. The predicted molar refractivity (Wildman–Crippen MR) is 80.3 cm³/mol. The molecule has 1 aromatic rings. The second-order valence-electron chi connectivity index (χ2n) is 5.06. The van der Waals surface area contributed by atoms with Crippen LogP contribution in [0, 0.1) is 0 Å². The summed E-state index contributed by atoms with van der Waals surface area (Å²) in [6.07, 6.45) is 0. The number of aliphatic hydroxyl groups excluding tert-OH is 1. The van der Waals surface area contributed by atoms with Crippen LogP contribution in [0.5, 0.6) is 5.75 Å². The van der Waals surface area contributed by atoms with E-state index in [1.54, 1.807) is 7.11 Å². The van der Waals surface area contributed by atoms with Crippen LogP contribution in [0.2, 0.25) is 0 Å². The van der Waals surface area contributed by atoms with Crippen molar-refractivity contribution in [3.8, 4) is 5.75 Å². The van der Waals surface area contributed by atoms with Gasteiger partial charge >= 0.3 is 6.03 Å². The number of carbonyl (C=O) groups is 1. The van der Waals surface area contributed by atoms with E-state index in [2.05, 4.69) is 10.2 Å². The molecule has 6 heteroatoms. The van der Waals surface area contributed by atoms with Crippen molar-refractivity contribution in [2.75, 3.05) is 46.4 Å². The van der Waals surface area contributed by atoms with Crippen molar-refractivity contribution in [3.63, 3.8) is 0 Å². The van der Waals surface area contributed by atoms with Gasteiger partial charge in [0.15, 0.2) is 0 Å². The molecule has 1 aromatic carbocycles. The van der Waals surface area contributed by atoms with Crippen molar-refractivity contribution in [1.82, 2.24) is 15.1 Å². The Hall–Kier alpha value is -1.79. The molecule has 6 nitrogen and oxygen atoms in total. The highest BCUT2D eigenvalue weighted by Crippen LogP contribution is 2.11. The molecule has 0 bridgehead atoms. The zero-order valence-corrected chi connectivity index (χ0v) is 12.4. The molecule has 0 atom stereocenters.